The zero-order valence-corrected chi connectivity index (χ0v) is 6.82. The first-order valence-corrected chi connectivity index (χ1v) is 3.88. The summed E-state index contributed by atoms with van der Waals surface area (Å²) in [4.78, 5) is 0. The molecule has 0 radical (unpaired) electrons. The van der Waals surface area contributed by atoms with Crippen LogP contribution in [0.5, 0.6) is 0 Å². The molecule has 1 unspecified atom stereocenters. The number of aliphatic hydroxyl groups excluding tert-OH is 1. The molecule has 3 nitrogen and oxygen atoms in total. The Morgan fingerprint density at radius 3 is 2.92 bits per heavy atom. The van der Waals surface area contributed by atoms with E-state index < -0.39 is 13.4 Å². The Kier molecular flexibility index (Phi) is 1.85. The van der Waals surface area contributed by atoms with Gasteiger partial charge in [-0.15, -0.1) is 0 Å². The number of halogens is 1. The second-order valence-electron chi connectivity index (χ2n) is 2.58. The molecule has 1 aliphatic heterocycles. The summed E-state index contributed by atoms with van der Waals surface area (Å²) in [6, 6.07) is 5.01. The van der Waals surface area contributed by atoms with Gasteiger partial charge in [0.25, 0.3) is 0 Å². The molecule has 0 aromatic heterocycles. The summed E-state index contributed by atoms with van der Waals surface area (Å²) in [6.45, 7) is 0. The molecular formula is C7H6BClO3. The molecule has 12 heavy (non-hydrogen) atoms. The van der Waals surface area contributed by atoms with E-state index >= 15 is 0 Å². The first-order chi connectivity index (χ1) is 5.70. The fraction of sp³-hybridized carbons (Fsp3) is 0.143. The van der Waals surface area contributed by atoms with Gasteiger partial charge in [-0.2, -0.15) is 0 Å². The lowest BCUT2D eigenvalue weighted by atomic mass is 9.80. The Balaban J connectivity index is 2.59. The molecule has 2 rings (SSSR count). The Morgan fingerprint density at radius 1 is 1.50 bits per heavy atom. The Labute approximate surface area is 74.7 Å². The van der Waals surface area contributed by atoms with Gasteiger partial charge in [0.05, 0.1) is 0 Å². The van der Waals surface area contributed by atoms with Gasteiger partial charge in [-0.3, -0.25) is 0 Å². The second kappa shape index (κ2) is 2.74. The molecule has 1 aromatic carbocycles. The van der Waals surface area contributed by atoms with Crippen LogP contribution in [0.2, 0.25) is 5.02 Å². The first-order valence-electron chi connectivity index (χ1n) is 3.50. The SMILES string of the molecule is OB1OC(O)c2c(Cl)cccc21. The topological polar surface area (TPSA) is 49.7 Å². The number of benzene rings is 1. The molecule has 0 saturated heterocycles. The summed E-state index contributed by atoms with van der Waals surface area (Å²) in [5.74, 6) is 0. The van der Waals surface area contributed by atoms with Crippen molar-refractivity contribution in [1.29, 1.82) is 0 Å². The highest BCUT2D eigenvalue weighted by Crippen LogP contribution is 2.27. The minimum absolute atomic E-state index is 0.413. The maximum Gasteiger partial charge on any atom is 0.493 e. The van der Waals surface area contributed by atoms with Gasteiger partial charge in [-0.05, 0) is 11.5 Å². The first kappa shape index (κ1) is 8.07. The van der Waals surface area contributed by atoms with E-state index in [-0.39, 0.29) is 0 Å². The zero-order chi connectivity index (χ0) is 8.72. The van der Waals surface area contributed by atoms with E-state index in [0.717, 1.165) is 0 Å². The van der Waals surface area contributed by atoms with E-state index in [1.165, 1.54) is 0 Å². The monoisotopic (exact) mass is 184 g/mol. The van der Waals surface area contributed by atoms with Crippen molar-refractivity contribution >= 4 is 24.2 Å². The predicted octanol–water partition coefficient (Wildman–Crippen LogP) is 0.0486. The van der Waals surface area contributed by atoms with Crippen molar-refractivity contribution < 1.29 is 14.8 Å². The minimum Gasteiger partial charge on any atom is -0.423 e. The number of aliphatic hydroxyl groups is 1. The fourth-order valence-corrected chi connectivity index (χ4v) is 1.57. The van der Waals surface area contributed by atoms with Gasteiger partial charge in [-0.1, -0.05) is 23.7 Å². The Morgan fingerprint density at radius 2 is 2.25 bits per heavy atom. The van der Waals surface area contributed by atoms with E-state index in [2.05, 4.69) is 0 Å². The Hall–Kier alpha value is -0.545. The molecule has 1 aromatic rings. The molecule has 5 heteroatoms. The molecule has 1 heterocycles. The number of fused-ring (bicyclic) bond motifs is 1. The van der Waals surface area contributed by atoms with Crippen LogP contribution in [-0.4, -0.2) is 17.2 Å². The lowest BCUT2D eigenvalue weighted by Crippen LogP contribution is -2.27. The fourth-order valence-electron chi connectivity index (χ4n) is 1.29. The summed E-state index contributed by atoms with van der Waals surface area (Å²) < 4.78 is 4.74. The second-order valence-corrected chi connectivity index (χ2v) is 2.99. The van der Waals surface area contributed by atoms with Crippen molar-refractivity contribution in [1.82, 2.24) is 0 Å². The highest BCUT2D eigenvalue weighted by molar-refractivity contribution is 6.62. The van der Waals surface area contributed by atoms with Crippen molar-refractivity contribution in [2.24, 2.45) is 0 Å². The van der Waals surface area contributed by atoms with E-state index in [1.54, 1.807) is 18.2 Å². The third-order valence-corrected chi connectivity index (χ3v) is 2.19. The van der Waals surface area contributed by atoms with Crippen LogP contribution in [0.4, 0.5) is 0 Å². The summed E-state index contributed by atoms with van der Waals surface area (Å²) >= 11 is 5.78. The van der Waals surface area contributed by atoms with Crippen LogP contribution in [0.1, 0.15) is 11.9 Å². The minimum atomic E-state index is -1.11. The van der Waals surface area contributed by atoms with Crippen LogP contribution in [0.25, 0.3) is 0 Å². The van der Waals surface area contributed by atoms with Crippen LogP contribution < -0.4 is 5.46 Å². The molecule has 0 amide bonds. The third kappa shape index (κ3) is 1.04. The zero-order valence-electron chi connectivity index (χ0n) is 6.07. The molecular weight excluding hydrogens is 178 g/mol. The third-order valence-electron chi connectivity index (χ3n) is 1.86. The van der Waals surface area contributed by atoms with Gasteiger partial charge in [0.15, 0.2) is 6.29 Å². The van der Waals surface area contributed by atoms with E-state index in [4.69, 9.17) is 16.3 Å². The van der Waals surface area contributed by atoms with Crippen LogP contribution in [0, 0.1) is 0 Å². The quantitative estimate of drug-likeness (QED) is 0.560. The van der Waals surface area contributed by atoms with Crippen molar-refractivity contribution in [3.8, 4) is 0 Å². The molecule has 62 valence electrons. The van der Waals surface area contributed by atoms with Crippen molar-refractivity contribution in [2.45, 2.75) is 6.29 Å². The van der Waals surface area contributed by atoms with Crippen LogP contribution >= 0.6 is 11.6 Å². The molecule has 1 aliphatic rings. The van der Waals surface area contributed by atoms with Gasteiger partial charge in [0.2, 0.25) is 0 Å². The maximum absolute atomic E-state index is 9.27. The van der Waals surface area contributed by atoms with Crippen LogP contribution in [-0.2, 0) is 4.65 Å². The summed E-state index contributed by atoms with van der Waals surface area (Å²) in [5, 5.41) is 18.9. The molecule has 0 aliphatic carbocycles. The van der Waals surface area contributed by atoms with Crippen molar-refractivity contribution in [3.63, 3.8) is 0 Å². The smallest absolute Gasteiger partial charge is 0.423 e. The number of hydrogen-bond acceptors (Lipinski definition) is 3. The van der Waals surface area contributed by atoms with Gasteiger partial charge < -0.3 is 14.8 Å². The van der Waals surface area contributed by atoms with Crippen LogP contribution in [0.15, 0.2) is 18.2 Å². The molecule has 0 spiro atoms. The number of rotatable bonds is 0. The molecule has 2 N–H and O–H groups in total. The summed E-state index contributed by atoms with van der Waals surface area (Å²) in [7, 11) is -1.06. The van der Waals surface area contributed by atoms with Gasteiger partial charge in [0.1, 0.15) is 0 Å². The number of hydrogen-bond donors (Lipinski definition) is 2. The van der Waals surface area contributed by atoms with E-state index in [0.29, 0.717) is 16.0 Å². The largest absolute Gasteiger partial charge is 0.493 e. The van der Waals surface area contributed by atoms with Crippen LogP contribution in [0.3, 0.4) is 0 Å². The van der Waals surface area contributed by atoms with Gasteiger partial charge >= 0.3 is 7.12 Å². The lowest BCUT2D eigenvalue weighted by molar-refractivity contribution is -0.0218. The van der Waals surface area contributed by atoms with Crippen molar-refractivity contribution in [3.05, 3.63) is 28.8 Å². The maximum atomic E-state index is 9.27. The van der Waals surface area contributed by atoms with Gasteiger partial charge in [0, 0.05) is 10.6 Å². The molecule has 1 atom stereocenters. The Bertz CT molecular complexity index is 318. The average Bonchev–Trinajstić information content (AvgIpc) is 2.29. The normalized spacial score (nSPS) is 21.2. The highest BCUT2D eigenvalue weighted by Gasteiger charge is 2.35. The van der Waals surface area contributed by atoms with Crippen molar-refractivity contribution in [2.75, 3.05) is 0 Å². The summed E-state index contributed by atoms with van der Waals surface area (Å²) in [5.41, 5.74) is 1.00. The molecule has 0 fully saturated rings. The predicted molar refractivity (Wildman–Crippen MR) is 45.1 cm³/mol. The molecule has 0 bridgehead atoms. The lowest BCUT2D eigenvalue weighted by Gasteiger charge is -2.04. The van der Waals surface area contributed by atoms with E-state index in [1.807, 2.05) is 0 Å². The summed E-state index contributed by atoms with van der Waals surface area (Å²) in [6.07, 6.45) is -1.11. The average molecular weight is 184 g/mol. The highest BCUT2D eigenvalue weighted by atomic mass is 35.5. The molecule has 0 saturated carbocycles. The standard InChI is InChI=1S/C7H6BClO3/c9-5-3-1-2-4-6(5)7(10)12-8(4)11/h1-3,7,10-11H. The van der Waals surface area contributed by atoms with Gasteiger partial charge in [-0.25, -0.2) is 0 Å². The van der Waals surface area contributed by atoms with E-state index in [9.17, 15) is 10.1 Å².